The van der Waals surface area contributed by atoms with E-state index in [1.807, 2.05) is 5.38 Å². The minimum Gasteiger partial charge on any atom is -0.481 e. The highest BCUT2D eigenvalue weighted by Crippen LogP contribution is 2.27. The summed E-state index contributed by atoms with van der Waals surface area (Å²) in [5, 5.41) is 17.0. The molecule has 1 fully saturated rings. The van der Waals surface area contributed by atoms with E-state index >= 15 is 0 Å². The predicted octanol–water partition coefficient (Wildman–Crippen LogP) is 2.82. The van der Waals surface area contributed by atoms with Gasteiger partial charge in [0.1, 0.15) is 0 Å². The van der Waals surface area contributed by atoms with Gasteiger partial charge in [-0.25, -0.2) is 9.78 Å². The molecule has 6 nitrogen and oxygen atoms in total. The number of carbonyl (C=O) groups excluding carboxylic acids is 1. The van der Waals surface area contributed by atoms with Gasteiger partial charge < -0.3 is 10.4 Å². The Hall–Kier alpha value is -1.63. The summed E-state index contributed by atoms with van der Waals surface area (Å²) in [5.41, 5.74) is 0.860. The summed E-state index contributed by atoms with van der Waals surface area (Å²) in [6, 6.07) is -0.687. The topological polar surface area (TPSA) is 91.3 Å². The van der Waals surface area contributed by atoms with Crippen molar-refractivity contribution in [1.82, 2.24) is 10.3 Å². The van der Waals surface area contributed by atoms with E-state index in [1.54, 1.807) is 0 Å². The zero-order valence-corrected chi connectivity index (χ0v) is 13.3. The highest BCUT2D eigenvalue weighted by molar-refractivity contribution is 7.13. The number of aliphatic carboxylic acids is 1. The monoisotopic (exact) mass is 311 g/mol. The Labute approximate surface area is 128 Å². The van der Waals surface area contributed by atoms with Crippen LogP contribution in [0.5, 0.6) is 0 Å². The lowest BCUT2D eigenvalue weighted by Gasteiger charge is -2.17. The molecule has 0 aliphatic heterocycles. The summed E-state index contributed by atoms with van der Waals surface area (Å²) in [6.45, 7) is 6.17. The molecule has 1 aromatic rings. The zero-order valence-electron chi connectivity index (χ0n) is 12.5. The number of nitrogens with one attached hydrogen (secondary N) is 2. The third-order valence-corrected chi connectivity index (χ3v) is 4.40. The lowest BCUT2D eigenvalue weighted by molar-refractivity contribution is -0.142. The molecule has 2 unspecified atom stereocenters. The fourth-order valence-corrected chi connectivity index (χ4v) is 3.34. The van der Waals surface area contributed by atoms with E-state index in [9.17, 15) is 9.59 Å². The quantitative estimate of drug-likeness (QED) is 0.800. The molecule has 1 aliphatic carbocycles. The summed E-state index contributed by atoms with van der Waals surface area (Å²) in [5.74, 6) is -1.33. The Morgan fingerprint density at radius 3 is 2.67 bits per heavy atom. The highest BCUT2D eigenvalue weighted by atomic mass is 32.1. The second kappa shape index (κ2) is 6.01. The van der Waals surface area contributed by atoms with Crippen LogP contribution < -0.4 is 10.6 Å². The normalized spacial score (nSPS) is 22.0. The first-order chi connectivity index (χ1) is 9.77. The first-order valence-corrected chi connectivity index (χ1v) is 7.91. The Kier molecular flexibility index (Phi) is 4.51. The Bertz CT molecular complexity index is 536. The molecule has 0 radical (unpaired) electrons. The number of rotatable bonds is 3. The van der Waals surface area contributed by atoms with Crippen LogP contribution in [0.4, 0.5) is 9.93 Å². The first-order valence-electron chi connectivity index (χ1n) is 7.03. The molecular weight excluding hydrogens is 290 g/mol. The molecule has 7 heteroatoms. The lowest BCUT2D eigenvalue weighted by Crippen LogP contribution is -2.42. The van der Waals surface area contributed by atoms with Gasteiger partial charge in [-0.15, -0.1) is 11.3 Å². The van der Waals surface area contributed by atoms with Gasteiger partial charge in [-0.2, -0.15) is 0 Å². The van der Waals surface area contributed by atoms with Gasteiger partial charge in [0, 0.05) is 16.8 Å². The maximum Gasteiger partial charge on any atom is 0.321 e. The van der Waals surface area contributed by atoms with Crippen molar-refractivity contribution in [2.45, 2.75) is 51.5 Å². The Morgan fingerprint density at radius 1 is 1.38 bits per heavy atom. The fourth-order valence-electron chi connectivity index (χ4n) is 2.41. The molecule has 2 atom stereocenters. The van der Waals surface area contributed by atoms with Crippen molar-refractivity contribution < 1.29 is 14.7 Å². The van der Waals surface area contributed by atoms with E-state index in [4.69, 9.17) is 5.11 Å². The molecule has 21 heavy (non-hydrogen) atoms. The number of hydrogen-bond donors (Lipinski definition) is 3. The average molecular weight is 311 g/mol. The van der Waals surface area contributed by atoms with Gasteiger partial charge in [0.2, 0.25) is 0 Å². The molecule has 1 aliphatic rings. The molecule has 0 spiro atoms. The summed E-state index contributed by atoms with van der Waals surface area (Å²) >= 11 is 1.37. The van der Waals surface area contributed by atoms with Gasteiger partial charge in [0.25, 0.3) is 0 Å². The maximum absolute atomic E-state index is 11.9. The second-order valence-electron chi connectivity index (χ2n) is 6.37. The van der Waals surface area contributed by atoms with Gasteiger partial charge in [0.15, 0.2) is 5.13 Å². The van der Waals surface area contributed by atoms with Gasteiger partial charge in [-0.3, -0.25) is 10.1 Å². The number of urea groups is 1. The van der Waals surface area contributed by atoms with Crippen molar-refractivity contribution in [3.8, 4) is 0 Å². The number of amides is 2. The number of carboxylic acids is 1. The molecule has 1 saturated carbocycles. The zero-order chi connectivity index (χ0) is 15.6. The number of aromatic nitrogens is 1. The van der Waals surface area contributed by atoms with E-state index in [1.165, 1.54) is 11.3 Å². The molecule has 0 aromatic carbocycles. The fraction of sp³-hybridized carbons (Fsp3) is 0.643. The minimum atomic E-state index is -0.845. The molecule has 1 aromatic heterocycles. The van der Waals surface area contributed by atoms with Crippen molar-refractivity contribution in [2.75, 3.05) is 5.32 Å². The first kappa shape index (κ1) is 15.8. The van der Waals surface area contributed by atoms with E-state index < -0.39 is 11.9 Å². The van der Waals surface area contributed by atoms with Crippen LogP contribution in [0.2, 0.25) is 0 Å². The SMILES string of the molecule is CC(C)(C)c1csc(NC(=O)NC2CCCC2C(=O)O)n1. The molecule has 3 N–H and O–H groups in total. The molecule has 0 saturated heterocycles. The Morgan fingerprint density at radius 2 is 2.10 bits per heavy atom. The van der Waals surface area contributed by atoms with E-state index in [2.05, 4.69) is 36.4 Å². The minimum absolute atomic E-state index is 0.0627. The number of nitrogens with zero attached hydrogens (tertiary/aromatic N) is 1. The van der Waals surface area contributed by atoms with Gasteiger partial charge in [-0.1, -0.05) is 27.2 Å². The van der Waals surface area contributed by atoms with Gasteiger partial charge >= 0.3 is 12.0 Å². The van der Waals surface area contributed by atoms with Crippen LogP contribution in [-0.4, -0.2) is 28.1 Å². The third kappa shape index (κ3) is 3.93. The van der Waals surface area contributed by atoms with Crippen LogP contribution in [0, 0.1) is 5.92 Å². The molecule has 1 heterocycles. The van der Waals surface area contributed by atoms with E-state index in [0.29, 0.717) is 18.0 Å². The number of carboxylic acid groups (broad SMARTS) is 1. The summed E-state index contributed by atoms with van der Waals surface area (Å²) in [7, 11) is 0. The third-order valence-electron chi connectivity index (χ3n) is 3.64. The molecule has 2 amide bonds. The van der Waals surface area contributed by atoms with E-state index in [0.717, 1.165) is 12.1 Å². The number of hydrogen-bond acceptors (Lipinski definition) is 4. The van der Waals surface area contributed by atoms with Crippen LogP contribution >= 0.6 is 11.3 Å². The number of anilines is 1. The van der Waals surface area contributed by atoms with Gasteiger partial charge in [-0.05, 0) is 12.8 Å². The van der Waals surface area contributed by atoms with Crippen molar-refractivity contribution in [2.24, 2.45) is 5.92 Å². The molecule has 116 valence electrons. The van der Waals surface area contributed by atoms with Crippen molar-refractivity contribution in [3.05, 3.63) is 11.1 Å². The molecule has 0 bridgehead atoms. The van der Waals surface area contributed by atoms with Crippen LogP contribution in [-0.2, 0) is 10.2 Å². The van der Waals surface area contributed by atoms with Crippen LogP contribution in [0.25, 0.3) is 0 Å². The molecule has 2 rings (SSSR count). The lowest BCUT2D eigenvalue weighted by atomic mass is 9.93. The second-order valence-corrected chi connectivity index (χ2v) is 7.23. The summed E-state index contributed by atoms with van der Waals surface area (Å²) in [6.07, 6.45) is 2.15. The highest BCUT2D eigenvalue weighted by Gasteiger charge is 2.34. The van der Waals surface area contributed by atoms with Crippen LogP contribution in [0.15, 0.2) is 5.38 Å². The van der Waals surface area contributed by atoms with Crippen molar-refractivity contribution >= 4 is 28.5 Å². The maximum atomic E-state index is 11.9. The standard InChI is InChI=1S/C14H21N3O3S/c1-14(2,3)10-7-21-13(16-10)17-12(20)15-9-6-4-5-8(9)11(18)19/h7-9H,4-6H2,1-3H3,(H,18,19)(H2,15,16,17,20). The van der Waals surface area contributed by atoms with E-state index in [-0.39, 0.29) is 17.5 Å². The largest absolute Gasteiger partial charge is 0.481 e. The van der Waals surface area contributed by atoms with Crippen molar-refractivity contribution in [1.29, 1.82) is 0 Å². The summed E-state index contributed by atoms with van der Waals surface area (Å²) < 4.78 is 0. The van der Waals surface area contributed by atoms with Crippen LogP contribution in [0.3, 0.4) is 0 Å². The van der Waals surface area contributed by atoms with Crippen LogP contribution in [0.1, 0.15) is 45.7 Å². The number of carbonyl (C=O) groups is 2. The van der Waals surface area contributed by atoms with Crippen molar-refractivity contribution in [3.63, 3.8) is 0 Å². The Balaban J connectivity index is 1.93. The molecular formula is C14H21N3O3S. The summed E-state index contributed by atoms with van der Waals surface area (Å²) in [4.78, 5) is 27.4. The van der Waals surface area contributed by atoms with Gasteiger partial charge in [0.05, 0.1) is 11.6 Å². The predicted molar refractivity (Wildman–Crippen MR) is 81.7 cm³/mol. The smallest absolute Gasteiger partial charge is 0.321 e. The number of thiazole rings is 1. The average Bonchev–Trinajstić information content (AvgIpc) is 2.96.